The molecule has 3 heteroatoms. The Labute approximate surface area is 76.0 Å². The molecule has 0 saturated heterocycles. The molecule has 0 amide bonds. The van der Waals surface area contributed by atoms with Gasteiger partial charge in [0, 0.05) is 6.07 Å². The molecule has 0 aliphatic carbocycles. The van der Waals surface area contributed by atoms with E-state index in [-0.39, 0.29) is 5.75 Å². The molecule has 0 saturated carbocycles. The normalized spacial score (nSPS) is 11.3. The maximum Gasteiger partial charge on any atom is 0.181 e. The van der Waals surface area contributed by atoms with E-state index < -0.39 is 0 Å². The molecule has 1 N–H and O–H groups in total. The van der Waals surface area contributed by atoms with E-state index in [0.717, 1.165) is 11.1 Å². The predicted octanol–water partition coefficient (Wildman–Crippen LogP) is 2.66. The molecule has 68 valence electrons. The molecule has 2 rings (SSSR count). The molecule has 0 bridgehead atoms. The fourth-order valence-corrected chi connectivity index (χ4v) is 1.37. The molecule has 0 aliphatic heterocycles. The first-order chi connectivity index (χ1) is 6.18. The Bertz CT molecular complexity index is 431. The maximum atomic E-state index is 9.61. The van der Waals surface area contributed by atoms with Crippen LogP contribution in [0.2, 0.25) is 0 Å². The van der Waals surface area contributed by atoms with Crippen LogP contribution in [0, 0.1) is 0 Å². The summed E-state index contributed by atoms with van der Waals surface area (Å²) in [5, 5.41) is 9.61. The van der Waals surface area contributed by atoms with Gasteiger partial charge in [0.25, 0.3) is 0 Å². The second-order valence-electron chi connectivity index (χ2n) is 3.39. The van der Waals surface area contributed by atoms with Crippen molar-refractivity contribution in [3.05, 3.63) is 24.1 Å². The lowest BCUT2D eigenvalue weighted by atomic mass is 10.0. The molecule has 0 radical (unpaired) electrons. The molecule has 0 fully saturated rings. The molecular weight excluding hydrogens is 166 g/mol. The third kappa shape index (κ3) is 1.26. The molecule has 1 aromatic carbocycles. The second-order valence-corrected chi connectivity index (χ2v) is 3.39. The van der Waals surface area contributed by atoms with Gasteiger partial charge >= 0.3 is 0 Å². The molecule has 13 heavy (non-hydrogen) atoms. The fourth-order valence-electron chi connectivity index (χ4n) is 1.37. The van der Waals surface area contributed by atoms with Gasteiger partial charge in [-0.1, -0.05) is 13.8 Å². The average molecular weight is 177 g/mol. The molecule has 0 aliphatic rings. The van der Waals surface area contributed by atoms with E-state index in [1.54, 1.807) is 6.07 Å². The zero-order valence-electron chi connectivity index (χ0n) is 7.61. The van der Waals surface area contributed by atoms with Crippen molar-refractivity contribution in [3.8, 4) is 5.75 Å². The zero-order chi connectivity index (χ0) is 9.42. The summed E-state index contributed by atoms with van der Waals surface area (Å²) in [6.45, 7) is 4.06. The van der Waals surface area contributed by atoms with Gasteiger partial charge in [-0.05, 0) is 17.5 Å². The fraction of sp³-hybridized carbons (Fsp3) is 0.300. The zero-order valence-corrected chi connectivity index (χ0v) is 7.61. The highest BCUT2D eigenvalue weighted by Crippen LogP contribution is 2.29. The van der Waals surface area contributed by atoms with Crippen molar-refractivity contribution < 1.29 is 9.52 Å². The summed E-state index contributed by atoms with van der Waals surface area (Å²) in [4.78, 5) is 4.03. The highest BCUT2D eigenvalue weighted by atomic mass is 16.3. The number of fused-ring (bicyclic) bond motifs is 1. The lowest BCUT2D eigenvalue weighted by molar-refractivity contribution is 0.464. The van der Waals surface area contributed by atoms with Crippen LogP contribution in [0.5, 0.6) is 5.75 Å². The Kier molecular flexibility index (Phi) is 1.72. The Morgan fingerprint density at radius 3 is 2.85 bits per heavy atom. The number of aromatic nitrogens is 1. The second kappa shape index (κ2) is 2.76. The lowest BCUT2D eigenvalue weighted by Crippen LogP contribution is -1.87. The number of rotatable bonds is 1. The van der Waals surface area contributed by atoms with Crippen molar-refractivity contribution in [2.75, 3.05) is 0 Å². The van der Waals surface area contributed by atoms with Crippen LogP contribution in [0.15, 0.2) is 22.9 Å². The topological polar surface area (TPSA) is 46.3 Å². The van der Waals surface area contributed by atoms with Crippen LogP contribution in [-0.4, -0.2) is 10.1 Å². The molecule has 1 heterocycles. The first-order valence-corrected chi connectivity index (χ1v) is 4.24. The highest BCUT2D eigenvalue weighted by Gasteiger charge is 2.09. The summed E-state index contributed by atoms with van der Waals surface area (Å²) in [5.41, 5.74) is 2.32. The summed E-state index contributed by atoms with van der Waals surface area (Å²) in [5.74, 6) is 0.570. The number of phenols is 1. The first-order valence-electron chi connectivity index (χ1n) is 4.24. The molecule has 0 spiro atoms. The van der Waals surface area contributed by atoms with Crippen LogP contribution in [-0.2, 0) is 0 Å². The van der Waals surface area contributed by atoms with Gasteiger partial charge in [0.1, 0.15) is 11.3 Å². The molecule has 1 aromatic heterocycles. The minimum absolute atomic E-state index is 0.277. The van der Waals surface area contributed by atoms with Crippen molar-refractivity contribution in [3.63, 3.8) is 0 Å². The molecule has 2 aromatic rings. The third-order valence-electron chi connectivity index (χ3n) is 2.10. The number of benzene rings is 1. The molecule has 0 unspecified atom stereocenters. The minimum Gasteiger partial charge on any atom is -0.508 e. The van der Waals surface area contributed by atoms with Crippen LogP contribution in [0.4, 0.5) is 0 Å². The Balaban J connectivity index is 2.69. The number of oxazole rings is 1. The predicted molar refractivity (Wildman–Crippen MR) is 49.8 cm³/mol. The third-order valence-corrected chi connectivity index (χ3v) is 2.10. The first kappa shape index (κ1) is 8.10. The summed E-state index contributed by atoms with van der Waals surface area (Å²) in [6, 6.07) is 3.47. The van der Waals surface area contributed by atoms with Crippen molar-refractivity contribution in [2.45, 2.75) is 19.8 Å². The number of hydrogen-bond donors (Lipinski definition) is 1. The van der Waals surface area contributed by atoms with Crippen LogP contribution in [0.1, 0.15) is 25.3 Å². The molecule has 0 atom stereocenters. The summed E-state index contributed by atoms with van der Waals surface area (Å²) in [6.07, 6.45) is 1.38. The quantitative estimate of drug-likeness (QED) is 0.728. The van der Waals surface area contributed by atoms with Gasteiger partial charge in [-0.3, -0.25) is 0 Å². The molecular formula is C10H11NO2. The van der Waals surface area contributed by atoms with Crippen LogP contribution < -0.4 is 0 Å². The van der Waals surface area contributed by atoms with E-state index in [1.807, 2.05) is 19.9 Å². The number of hydrogen-bond acceptors (Lipinski definition) is 3. The lowest BCUT2D eigenvalue weighted by Gasteiger charge is -2.06. The summed E-state index contributed by atoms with van der Waals surface area (Å²) < 4.78 is 5.06. The van der Waals surface area contributed by atoms with E-state index in [9.17, 15) is 5.11 Å². The largest absolute Gasteiger partial charge is 0.508 e. The van der Waals surface area contributed by atoms with E-state index in [2.05, 4.69) is 4.98 Å². The minimum atomic E-state index is 0.277. The van der Waals surface area contributed by atoms with Gasteiger partial charge in [-0.15, -0.1) is 0 Å². The number of nitrogens with zero attached hydrogens (tertiary/aromatic N) is 1. The van der Waals surface area contributed by atoms with E-state index in [1.165, 1.54) is 6.39 Å². The smallest absolute Gasteiger partial charge is 0.181 e. The van der Waals surface area contributed by atoms with Crippen molar-refractivity contribution >= 4 is 11.1 Å². The van der Waals surface area contributed by atoms with Crippen LogP contribution >= 0.6 is 0 Å². The Hall–Kier alpha value is -1.51. The molecule has 3 nitrogen and oxygen atoms in total. The van der Waals surface area contributed by atoms with Gasteiger partial charge in [0.2, 0.25) is 0 Å². The van der Waals surface area contributed by atoms with Gasteiger partial charge in [-0.25, -0.2) is 4.98 Å². The van der Waals surface area contributed by atoms with Gasteiger partial charge in [0.05, 0.1) is 0 Å². The van der Waals surface area contributed by atoms with Gasteiger partial charge in [0.15, 0.2) is 12.0 Å². The maximum absolute atomic E-state index is 9.61. The summed E-state index contributed by atoms with van der Waals surface area (Å²) in [7, 11) is 0. The van der Waals surface area contributed by atoms with E-state index >= 15 is 0 Å². The standard InChI is InChI=1S/C10H11NO2/c1-6(2)7-3-8-10(4-9(7)12)13-5-11-8/h3-6,12H,1-2H3. The Morgan fingerprint density at radius 2 is 2.15 bits per heavy atom. The highest BCUT2D eigenvalue weighted by molar-refractivity contribution is 5.75. The average Bonchev–Trinajstić information content (AvgIpc) is 2.48. The SMILES string of the molecule is CC(C)c1cc2ncoc2cc1O. The van der Waals surface area contributed by atoms with Gasteiger partial charge in [-0.2, -0.15) is 0 Å². The van der Waals surface area contributed by atoms with E-state index in [4.69, 9.17) is 4.42 Å². The van der Waals surface area contributed by atoms with Crippen LogP contribution in [0.25, 0.3) is 11.1 Å². The van der Waals surface area contributed by atoms with Gasteiger partial charge < -0.3 is 9.52 Å². The van der Waals surface area contributed by atoms with Crippen molar-refractivity contribution in [1.29, 1.82) is 0 Å². The summed E-state index contributed by atoms with van der Waals surface area (Å²) >= 11 is 0. The van der Waals surface area contributed by atoms with Crippen LogP contribution in [0.3, 0.4) is 0 Å². The van der Waals surface area contributed by atoms with Crippen molar-refractivity contribution in [2.24, 2.45) is 0 Å². The number of phenolic OH excluding ortho intramolecular Hbond substituents is 1. The number of aromatic hydroxyl groups is 1. The van der Waals surface area contributed by atoms with Crippen molar-refractivity contribution in [1.82, 2.24) is 4.98 Å². The van der Waals surface area contributed by atoms with E-state index in [0.29, 0.717) is 11.5 Å². The Morgan fingerprint density at radius 1 is 1.38 bits per heavy atom. The monoisotopic (exact) mass is 177 g/mol.